The minimum Gasteiger partial charge on any atom is -0.412 e. The Labute approximate surface area is 99.0 Å². The van der Waals surface area contributed by atoms with Crippen molar-refractivity contribution >= 4 is 15.7 Å². The van der Waals surface area contributed by atoms with Gasteiger partial charge in [-0.15, -0.1) is 0 Å². The number of nitro groups is 1. The molecule has 17 heavy (non-hydrogen) atoms. The number of nitrogens with one attached hydrogen (secondary N) is 1. The third kappa shape index (κ3) is 4.89. The van der Waals surface area contributed by atoms with Crippen LogP contribution in [0, 0.1) is 10.1 Å². The molecule has 0 unspecified atom stereocenters. The Bertz CT molecular complexity index is 469. The van der Waals surface area contributed by atoms with Crippen molar-refractivity contribution in [1.82, 2.24) is 4.72 Å². The van der Waals surface area contributed by atoms with Crippen molar-refractivity contribution in [1.29, 1.82) is 0 Å². The molecule has 1 aromatic carbocycles. The lowest BCUT2D eigenvalue weighted by Crippen LogP contribution is -2.23. The lowest BCUT2D eigenvalue weighted by Gasteiger charge is -2.02. The van der Waals surface area contributed by atoms with E-state index in [0.717, 1.165) is 5.56 Å². The molecule has 0 spiro atoms. The number of rotatable bonds is 5. The van der Waals surface area contributed by atoms with Crippen LogP contribution in [0.25, 0.3) is 0 Å². The number of non-ortho nitro benzene ring substituents is 1. The van der Waals surface area contributed by atoms with Crippen molar-refractivity contribution in [2.24, 2.45) is 0 Å². The molecule has 8 heteroatoms. The number of benzene rings is 1. The summed E-state index contributed by atoms with van der Waals surface area (Å²) in [5.41, 5.74) is 0.754. The third-order valence-corrected chi connectivity index (χ3v) is 3.48. The van der Waals surface area contributed by atoms with Gasteiger partial charge in [-0.1, -0.05) is 12.1 Å². The first-order valence-corrected chi connectivity index (χ1v) is 6.24. The van der Waals surface area contributed by atoms with E-state index < -0.39 is 14.9 Å². The minimum atomic E-state index is -3.23. The maximum absolute atomic E-state index is 11.1. The number of nitrogens with zero attached hydrogens (tertiary/aromatic N) is 1. The van der Waals surface area contributed by atoms with Gasteiger partial charge in [0.25, 0.3) is 5.69 Å². The lowest BCUT2D eigenvalue weighted by molar-refractivity contribution is -0.384. The van der Waals surface area contributed by atoms with E-state index in [1.54, 1.807) is 12.1 Å². The summed E-state index contributed by atoms with van der Waals surface area (Å²) >= 11 is 0. The van der Waals surface area contributed by atoms with Gasteiger partial charge in [-0.25, -0.2) is 13.1 Å². The van der Waals surface area contributed by atoms with Crippen LogP contribution in [-0.4, -0.2) is 31.6 Å². The van der Waals surface area contributed by atoms with Crippen molar-refractivity contribution < 1.29 is 18.8 Å². The number of aryl methyl sites for hydroxylation is 1. The molecule has 0 saturated heterocycles. The van der Waals surface area contributed by atoms with Gasteiger partial charge in [-0.05, 0) is 19.0 Å². The van der Waals surface area contributed by atoms with Crippen molar-refractivity contribution in [2.75, 3.05) is 12.8 Å². The van der Waals surface area contributed by atoms with Crippen molar-refractivity contribution in [3.63, 3.8) is 0 Å². The highest BCUT2D eigenvalue weighted by molar-refractivity contribution is 7.89. The van der Waals surface area contributed by atoms with E-state index in [1.807, 2.05) is 0 Å². The van der Waals surface area contributed by atoms with E-state index in [0.29, 0.717) is 6.42 Å². The van der Waals surface area contributed by atoms with Crippen LogP contribution in [-0.2, 0) is 16.4 Å². The molecule has 0 aromatic heterocycles. The maximum atomic E-state index is 11.1. The standard InChI is InChI=1S/C9H12N2O4S.H2O/c1-10-16(14,15)7-6-8-2-4-9(5-3-8)11(12)13;/h2-5,10H,6-7H2,1H3;1H2. The first kappa shape index (κ1) is 15.5. The average Bonchev–Trinajstić information content (AvgIpc) is 2.27. The smallest absolute Gasteiger partial charge is 0.269 e. The second-order valence-corrected chi connectivity index (χ2v) is 5.24. The number of nitro benzene ring substituents is 1. The molecule has 0 fully saturated rings. The highest BCUT2D eigenvalue weighted by Gasteiger charge is 2.08. The molecule has 0 bridgehead atoms. The fourth-order valence-corrected chi connectivity index (χ4v) is 1.85. The molecule has 0 aliphatic heterocycles. The zero-order valence-electron chi connectivity index (χ0n) is 9.21. The van der Waals surface area contributed by atoms with Crippen molar-refractivity contribution in [2.45, 2.75) is 6.42 Å². The molecule has 0 heterocycles. The van der Waals surface area contributed by atoms with Gasteiger partial charge < -0.3 is 5.48 Å². The van der Waals surface area contributed by atoms with Crippen LogP contribution in [0.3, 0.4) is 0 Å². The number of hydrogen-bond donors (Lipinski definition) is 1. The minimum absolute atomic E-state index is 0. The van der Waals surface area contributed by atoms with Gasteiger partial charge in [0.1, 0.15) is 0 Å². The first-order chi connectivity index (χ1) is 7.44. The van der Waals surface area contributed by atoms with Crippen LogP contribution in [0.1, 0.15) is 5.56 Å². The summed E-state index contributed by atoms with van der Waals surface area (Å²) in [4.78, 5) is 9.88. The fourth-order valence-electron chi connectivity index (χ4n) is 1.14. The summed E-state index contributed by atoms with van der Waals surface area (Å²) in [7, 11) is -1.88. The van der Waals surface area contributed by atoms with E-state index in [2.05, 4.69) is 4.72 Å². The van der Waals surface area contributed by atoms with Crippen molar-refractivity contribution in [3.8, 4) is 0 Å². The third-order valence-electron chi connectivity index (χ3n) is 2.12. The van der Waals surface area contributed by atoms with Gasteiger partial charge in [-0.3, -0.25) is 10.1 Å². The summed E-state index contributed by atoms with van der Waals surface area (Å²) in [5, 5.41) is 10.4. The molecular weight excluding hydrogens is 248 g/mol. The summed E-state index contributed by atoms with van der Waals surface area (Å²) in [6.45, 7) is 0. The number of hydrogen-bond acceptors (Lipinski definition) is 4. The molecule has 0 aliphatic rings. The highest BCUT2D eigenvalue weighted by Crippen LogP contribution is 2.12. The normalized spacial score (nSPS) is 10.6. The van der Waals surface area contributed by atoms with Crippen molar-refractivity contribution in [3.05, 3.63) is 39.9 Å². The van der Waals surface area contributed by atoms with E-state index in [4.69, 9.17) is 0 Å². The van der Waals surface area contributed by atoms with Gasteiger partial charge in [0.2, 0.25) is 10.0 Å². The molecular formula is C9H14N2O5S. The molecule has 1 aromatic rings. The molecule has 7 nitrogen and oxygen atoms in total. The van der Waals surface area contributed by atoms with E-state index in [-0.39, 0.29) is 16.9 Å². The Kier molecular flexibility index (Phi) is 5.72. The average molecular weight is 262 g/mol. The maximum Gasteiger partial charge on any atom is 0.269 e. The van der Waals surface area contributed by atoms with Gasteiger partial charge in [0, 0.05) is 12.1 Å². The molecule has 1 rings (SSSR count). The Hall–Kier alpha value is -1.51. The molecule has 0 amide bonds. The van der Waals surface area contributed by atoms with Gasteiger partial charge >= 0.3 is 0 Å². The van der Waals surface area contributed by atoms with Gasteiger partial charge in [-0.2, -0.15) is 0 Å². The largest absolute Gasteiger partial charge is 0.412 e. The summed E-state index contributed by atoms with van der Waals surface area (Å²) in [6.07, 6.45) is 0.334. The Morgan fingerprint density at radius 3 is 2.24 bits per heavy atom. The SMILES string of the molecule is CNS(=O)(=O)CCc1ccc([N+](=O)[O-])cc1.O. The topological polar surface area (TPSA) is 121 Å². The first-order valence-electron chi connectivity index (χ1n) is 4.59. The molecule has 0 radical (unpaired) electrons. The van der Waals surface area contributed by atoms with E-state index >= 15 is 0 Å². The predicted molar refractivity (Wildman–Crippen MR) is 63.3 cm³/mol. The summed E-state index contributed by atoms with van der Waals surface area (Å²) in [5.74, 6) is -0.0265. The Morgan fingerprint density at radius 2 is 1.82 bits per heavy atom. The Balaban J connectivity index is 0.00000256. The lowest BCUT2D eigenvalue weighted by atomic mass is 10.1. The van der Waals surface area contributed by atoms with Crippen LogP contribution in [0.5, 0.6) is 0 Å². The van der Waals surface area contributed by atoms with Crippen LogP contribution in [0.15, 0.2) is 24.3 Å². The zero-order valence-corrected chi connectivity index (χ0v) is 10.0. The van der Waals surface area contributed by atoms with E-state index in [9.17, 15) is 18.5 Å². The molecule has 0 saturated carbocycles. The second kappa shape index (κ2) is 6.28. The monoisotopic (exact) mass is 262 g/mol. The predicted octanol–water partition coefficient (Wildman–Crippen LogP) is -0.138. The molecule has 0 aliphatic carbocycles. The van der Waals surface area contributed by atoms with E-state index in [1.165, 1.54) is 19.2 Å². The molecule has 0 atom stereocenters. The number of sulfonamides is 1. The van der Waals surface area contributed by atoms with Crippen LogP contribution in [0.4, 0.5) is 5.69 Å². The van der Waals surface area contributed by atoms with Gasteiger partial charge in [0.05, 0.1) is 10.7 Å². The quantitative estimate of drug-likeness (QED) is 0.586. The van der Waals surface area contributed by atoms with Crippen LogP contribution < -0.4 is 4.72 Å². The fraction of sp³-hybridized carbons (Fsp3) is 0.333. The summed E-state index contributed by atoms with van der Waals surface area (Å²) < 4.78 is 24.5. The highest BCUT2D eigenvalue weighted by atomic mass is 32.2. The summed E-state index contributed by atoms with van der Waals surface area (Å²) in [6, 6.07) is 5.84. The molecule has 96 valence electrons. The molecule has 3 N–H and O–H groups in total. The second-order valence-electron chi connectivity index (χ2n) is 3.20. The van der Waals surface area contributed by atoms with Crippen LogP contribution in [0.2, 0.25) is 0 Å². The Morgan fingerprint density at radius 1 is 1.29 bits per heavy atom. The van der Waals surface area contributed by atoms with Gasteiger partial charge in [0.15, 0.2) is 0 Å². The zero-order chi connectivity index (χ0) is 12.2. The van der Waals surface area contributed by atoms with Crippen LogP contribution >= 0.6 is 0 Å².